The van der Waals surface area contributed by atoms with E-state index in [1.165, 1.54) is 10.7 Å². The maximum Gasteiger partial charge on any atom is 0.358 e. The first-order valence-corrected chi connectivity index (χ1v) is 7.14. The highest BCUT2D eigenvalue weighted by atomic mass is 79.9. The molecule has 2 aromatic rings. The van der Waals surface area contributed by atoms with Crippen molar-refractivity contribution in [3.8, 4) is 5.69 Å². The molecule has 2 rings (SSSR count). The van der Waals surface area contributed by atoms with Crippen molar-refractivity contribution in [2.75, 3.05) is 0 Å². The number of aromatic carboxylic acids is 1. The molecule has 0 aliphatic carbocycles. The molecule has 0 amide bonds. The predicted molar refractivity (Wildman–Crippen MR) is 79.7 cm³/mol. The molecule has 5 nitrogen and oxygen atoms in total. The second kappa shape index (κ2) is 5.38. The Labute approximate surface area is 133 Å². The SMILES string of the molecule is CC(C)(C)c1c(C(=O)O)nnn1-c1c(Cl)cc(F)cc1Br. The fourth-order valence-corrected chi connectivity index (χ4v) is 2.99. The van der Waals surface area contributed by atoms with Gasteiger partial charge < -0.3 is 5.11 Å². The second-order valence-electron chi connectivity index (χ2n) is 5.47. The quantitative estimate of drug-likeness (QED) is 0.865. The third-order valence-electron chi connectivity index (χ3n) is 2.78. The van der Waals surface area contributed by atoms with Gasteiger partial charge in [-0.05, 0) is 28.1 Å². The topological polar surface area (TPSA) is 68.0 Å². The van der Waals surface area contributed by atoms with Crippen LogP contribution in [0.4, 0.5) is 4.39 Å². The Morgan fingerprint density at radius 1 is 1.43 bits per heavy atom. The molecule has 8 heteroatoms. The minimum Gasteiger partial charge on any atom is -0.476 e. The van der Waals surface area contributed by atoms with E-state index < -0.39 is 17.2 Å². The number of carboxylic acid groups (broad SMARTS) is 1. The Bertz CT molecular complexity index is 702. The standard InChI is InChI=1S/C13H12BrClFN3O2/c1-13(2,3)11-9(12(20)21)17-18-19(11)10-7(14)4-6(16)5-8(10)15/h4-5H,1-3H3,(H,20,21). The fraction of sp³-hybridized carbons (Fsp3) is 0.308. The molecule has 112 valence electrons. The van der Waals surface area contributed by atoms with Gasteiger partial charge in [-0.1, -0.05) is 37.6 Å². The van der Waals surface area contributed by atoms with Crippen LogP contribution in [-0.4, -0.2) is 26.1 Å². The molecule has 1 heterocycles. The molecular weight excluding hydrogens is 365 g/mol. The van der Waals surface area contributed by atoms with E-state index in [-0.39, 0.29) is 10.7 Å². The van der Waals surface area contributed by atoms with Crippen molar-refractivity contribution in [2.24, 2.45) is 0 Å². The van der Waals surface area contributed by atoms with Crippen LogP contribution in [-0.2, 0) is 5.41 Å². The third-order valence-corrected chi connectivity index (χ3v) is 3.67. The molecule has 0 radical (unpaired) electrons. The molecular formula is C13H12BrClFN3O2. The highest BCUT2D eigenvalue weighted by Gasteiger charge is 2.31. The summed E-state index contributed by atoms with van der Waals surface area (Å²) in [4.78, 5) is 11.3. The normalized spacial score (nSPS) is 11.7. The molecule has 0 unspecified atom stereocenters. The van der Waals surface area contributed by atoms with Crippen LogP contribution in [0, 0.1) is 5.82 Å². The Hall–Kier alpha value is -1.47. The second-order valence-corrected chi connectivity index (χ2v) is 6.73. The number of carbonyl (C=O) groups is 1. The molecule has 0 saturated heterocycles. The lowest BCUT2D eigenvalue weighted by atomic mass is 9.90. The van der Waals surface area contributed by atoms with Gasteiger partial charge in [-0.15, -0.1) is 5.10 Å². The zero-order valence-electron chi connectivity index (χ0n) is 11.5. The minimum absolute atomic E-state index is 0.106. The molecule has 0 aliphatic heterocycles. The van der Waals surface area contributed by atoms with Gasteiger partial charge >= 0.3 is 5.97 Å². The lowest BCUT2D eigenvalue weighted by molar-refractivity contribution is 0.0687. The van der Waals surface area contributed by atoms with Crippen LogP contribution in [0.2, 0.25) is 5.02 Å². The average molecular weight is 377 g/mol. The van der Waals surface area contributed by atoms with Gasteiger partial charge in [0.2, 0.25) is 0 Å². The van der Waals surface area contributed by atoms with E-state index >= 15 is 0 Å². The third kappa shape index (κ3) is 2.94. The van der Waals surface area contributed by atoms with Gasteiger partial charge in [0.05, 0.1) is 16.4 Å². The van der Waals surface area contributed by atoms with E-state index in [4.69, 9.17) is 11.6 Å². The molecule has 0 atom stereocenters. The monoisotopic (exact) mass is 375 g/mol. The van der Waals surface area contributed by atoms with Crippen molar-refractivity contribution in [3.05, 3.63) is 38.8 Å². The maximum atomic E-state index is 13.3. The minimum atomic E-state index is -1.18. The first kappa shape index (κ1) is 15.9. The summed E-state index contributed by atoms with van der Waals surface area (Å²) in [5, 5.41) is 16.9. The molecule has 1 aromatic heterocycles. The van der Waals surface area contributed by atoms with Gasteiger partial charge in [-0.3, -0.25) is 0 Å². The smallest absolute Gasteiger partial charge is 0.358 e. The largest absolute Gasteiger partial charge is 0.476 e. The molecule has 21 heavy (non-hydrogen) atoms. The Morgan fingerprint density at radius 3 is 2.52 bits per heavy atom. The molecule has 0 aliphatic rings. The van der Waals surface area contributed by atoms with E-state index in [9.17, 15) is 14.3 Å². The summed E-state index contributed by atoms with van der Waals surface area (Å²) in [6, 6.07) is 2.37. The van der Waals surface area contributed by atoms with E-state index in [0.29, 0.717) is 15.9 Å². The summed E-state index contributed by atoms with van der Waals surface area (Å²) in [6.45, 7) is 5.50. The van der Waals surface area contributed by atoms with E-state index in [1.807, 2.05) is 20.8 Å². The summed E-state index contributed by atoms with van der Waals surface area (Å²) in [5.41, 5.74) is 0.0240. The van der Waals surface area contributed by atoms with Crippen LogP contribution in [0.3, 0.4) is 0 Å². The Kier molecular flexibility index (Phi) is 4.08. The number of nitrogens with zero attached hydrogens (tertiary/aromatic N) is 3. The molecule has 0 fully saturated rings. The van der Waals surface area contributed by atoms with Crippen LogP contribution in [0.25, 0.3) is 5.69 Å². The maximum absolute atomic E-state index is 13.3. The first-order valence-electron chi connectivity index (χ1n) is 5.97. The number of rotatable bonds is 2. The van der Waals surface area contributed by atoms with Gasteiger partial charge in [-0.25, -0.2) is 13.9 Å². The molecule has 0 spiro atoms. The average Bonchev–Trinajstić information content (AvgIpc) is 2.71. The van der Waals surface area contributed by atoms with Crippen LogP contribution >= 0.6 is 27.5 Å². The highest BCUT2D eigenvalue weighted by molar-refractivity contribution is 9.10. The zero-order chi connectivity index (χ0) is 15.9. The van der Waals surface area contributed by atoms with E-state index in [2.05, 4.69) is 26.2 Å². The van der Waals surface area contributed by atoms with Gasteiger partial charge in [0, 0.05) is 9.89 Å². The van der Waals surface area contributed by atoms with Crippen LogP contribution < -0.4 is 0 Å². The van der Waals surface area contributed by atoms with Gasteiger partial charge in [0.1, 0.15) is 5.82 Å². The molecule has 1 aromatic carbocycles. The highest BCUT2D eigenvalue weighted by Crippen LogP contribution is 2.34. The Balaban J connectivity index is 2.80. The number of benzene rings is 1. The molecule has 0 bridgehead atoms. The summed E-state index contributed by atoms with van der Waals surface area (Å²) in [6.07, 6.45) is 0. The summed E-state index contributed by atoms with van der Waals surface area (Å²) in [5.74, 6) is -1.69. The van der Waals surface area contributed by atoms with Crippen LogP contribution in [0.5, 0.6) is 0 Å². The number of carboxylic acids is 1. The van der Waals surface area contributed by atoms with Gasteiger partial charge in [-0.2, -0.15) is 0 Å². The van der Waals surface area contributed by atoms with E-state index in [0.717, 1.165) is 6.07 Å². The van der Waals surface area contributed by atoms with Crippen molar-refractivity contribution in [1.82, 2.24) is 15.0 Å². The van der Waals surface area contributed by atoms with Gasteiger partial charge in [0.15, 0.2) is 5.69 Å². The van der Waals surface area contributed by atoms with Gasteiger partial charge in [0.25, 0.3) is 0 Å². The van der Waals surface area contributed by atoms with Crippen molar-refractivity contribution in [3.63, 3.8) is 0 Å². The lowest BCUT2D eigenvalue weighted by Crippen LogP contribution is -2.21. The molecule has 1 N–H and O–H groups in total. The van der Waals surface area contributed by atoms with Crippen LogP contribution in [0.1, 0.15) is 37.0 Å². The Morgan fingerprint density at radius 2 is 2.05 bits per heavy atom. The predicted octanol–water partition coefficient (Wildman–Crippen LogP) is 3.82. The summed E-state index contributed by atoms with van der Waals surface area (Å²) >= 11 is 9.30. The molecule has 0 saturated carbocycles. The summed E-state index contributed by atoms with van der Waals surface area (Å²) < 4.78 is 15.0. The fourth-order valence-electron chi connectivity index (χ4n) is 1.99. The first-order chi connectivity index (χ1) is 9.62. The number of halogens is 3. The van der Waals surface area contributed by atoms with Crippen LogP contribution in [0.15, 0.2) is 16.6 Å². The number of hydrogen-bond acceptors (Lipinski definition) is 3. The van der Waals surface area contributed by atoms with Crippen molar-refractivity contribution >= 4 is 33.5 Å². The van der Waals surface area contributed by atoms with Crippen molar-refractivity contribution in [2.45, 2.75) is 26.2 Å². The number of hydrogen-bond donors (Lipinski definition) is 1. The zero-order valence-corrected chi connectivity index (χ0v) is 13.8. The summed E-state index contributed by atoms with van der Waals surface area (Å²) in [7, 11) is 0. The van der Waals surface area contributed by atoms with Crippen molar-refractivity contribution < 1.29 is 14.3 Å². The van der Waals surface area contributed by atoms with Crippen molar-refractivity contribution in [1.29, 1.82) is 0 Å². The lowest BCUT2D eigenvalue weighted by Gasteiger charge is -2.21. The van der Waals surface area contributed by atoms with E-state index in [1.54, 1.807) is 0 Å². The number of aromatic nitrogens is 3.